The van der Waals surface area contributed by atoms with Crippen LogP contribution in [0, 0.1) is 0 Å². The average Bonchev–Trinajstić information content (AvgIpc) is 3.73. The second-order valence-electron chi connectivity index (χ2n) is 10.9. The van der Waals surface area contributed by atoms with E-state index in [0.29, 0.717) is 0 Å². The van der Waals surface area contributed by atoms with Crippen molar-refractivity contribution in [2.45, 2.75) is 0 Å². The summed E-state index contributed by atoms with van der Waals surface area (Å²) in [7, 11) is 0. The van der Waals surface area contributed by atoms with E-state index in [0.717, 1.165) is 65.9 Å². The highest BCUT2D eigenvalue weighted by atomic mass is 32.1. The predicted molar refractivity (Wildman–Crippen MR) is 183 cm³/mol. The van der Waals surface area contributed by atoms with Crippen LogP contribution in [0.25, 0.3) is 81.8 Å². The van der Waals surface area contributed by atoms with Gasteiger partial charge in [0.15, 0.2) is 0 Å². The molecular weight excluding hydrogens is 557 g/mol. The smallest absolute Gasteiger partial charge is 0.146 e. The van der Waals surface area contributed by atoms with Gasteiger partial charge in [-0.3, -0.25) is 0 Å². The summed E-state index contributed by atoms with van der Waals surface area (Å²) in [5.41, 5.74) is 10.5. The maximum Gasteiger partial charge on any atom is 0.146 e. The van der Waals surface area contributed by atoms with Gasteiger partial charge in [0.25, 0.3) is 0 Å². The molecule has 44 heavy (non-hydrogen) atoms. The molecule has 0 saturated heterocycles. The van der Waals surface area contributed by atoms with Crippen molar-refractivity contribution in [3.8, 4) is 44.2 Å². The molecule has 4 aromatic heterocycles. The maximum absolute atomic E-state index is 5.18. The van der Waals surface area contributed by atoms with Crippen LogP contribution in [0.5, 0.6) is 0 Å². The molecule has 0 atom stereocenters. The fraction of sp³-hybridized carbons (Fsp3) is 0. The number of hydrogen-bond donors (Lipinski definition) is 0. The average molecular weight is 581 g/mol. The van der Waals surface area contributed by atoms with Gasteiger partial charge >= 0.3 is 0 Å². The fourth-order valence-corrected chi connectivity index (χ4v) is 7.08. The summed E-state index contributed by atoms with van der Waals surface area (Å²) < 4.78 is 3.31. The Labute approximate surface area is 257 Å². The third kappa shape index (κ3) is 4.09. The molecule has 206 valence electrons. The standard InChI is InChI=1S/C39H24N4S/c1-3-9-26(10-4-1)34-24-43-22-21-31-36(38(43)41-34)30-13-7-8-14-32(30)40-37(31)27-17-15-25(16-18-27)29-19-20-33-35(23-29)44-39(42-33)28-11-5-2-6-12-28/h1-24H. The largest absolute Gasteiger partial charge is 0.306 e. The van der Waals surface area contributed by atoms with Crippen molar-refractivity contribution in [1.82, 2.24) is 19.4 Å². The van der Waals surface area contributed by atoms with Crippen molar-refractivity contribution in [2.75, 3.05) is 0 Å². The third-order valence-corrected chi connectivity index (χ3v) is 9.33. The number of pyridine rings is 2. The number of fused-ring (bicyclic) bond motifs is 6. The monoisotopic (exact) mass is 580 g/mol. The van der Waals surface area contributed by atoms with Gasteiger partial charge in [-0.05, 0) is 35.4 Å². The van der Waals surface area contributed by atoms with E-state index in [1.165, 1.54) is 15.8 Å². The number of hydrogen-bond acceptors (Lipinski definition) is 4. The number of aromatic nitrogens is 4. The molecule has 9 aromatic rings. The third-order valence-electron chi connectivity index (χ3n) is 8.26. The van der Waals surface area contributed by atoms with Crippen LogP contribution in [0.3, 0.4) is 0 Å². The first-order chi connectivity index (χ1) is 21.8. The van der Waals surface area contributed by atoms with Gasteiger partial charge in [0, 0.05) is 45.2 Å². The van der Waals surface area contributed by atoms with Crippen LogP contribution in [0.1, 0.15) is 0 Å². The summed E-state index contributed by atoms with van der Waals surface area (Å²) in [4.78, 5) is 15.2. The summed E-state index contributed by atoms with van der Waals surface area (Å²) in [5, 5.41) is 4.36. The van der Waals surface area contributed by atoms with Gasteiger partial charge in [0.2, 0.25) is 0 Å². The van der Waals surface area contributed by atoms with Crippen LogP contribution in [-0.4, -0.2) is 19.4 Å². The predicted octanol–water partition coefficient (Wildman–Crippen LogP) is 10.3. The normalized spacial score (nSPS) is 11.6. The molecule has 0 unspecified atom stereocenters. The number of benzene rings is 5. The maximum atomic E-state index is 5.18. The van der Waals surface area contributed by atoms with E-state index in [4.69, 9.17) is 15.0 Å². The Hall–Kier alpha value is -5.65. The zero-order valence-electron chi connectivity index (χ0n) is 23.6. The molecule has 0 aliphatic rings. The van der Waals surface area contributed by atoms with Gasteiger partial charge in [-0.25, -0.2) is 15.0 Å². The van der Waals surface area contributed by atoms with Gasteiger partial charge in [0.05, 0.1) is 27.1 Å². The summed E-state index contributed by atoms with van der Waals surface area (Å²) in [6.45, 7) is 0. The zero-order valence-corrected chi connectivity index (χ0v) is 24.4. The van der Waals surface area contributed by atoms with Crippen molar-refractivity contribution in [3.05, 3.63) is 146 Å². The Morgan fingerprint density at radius 3 is 2.02 bits per heavy atom. The van der Waals surface area contributed by atoms with E-state index < -0.39 is 0 Å². The number of nitrogens with zero attached hydrogens (tertiary/aromatic N) is 4. The lowest BCUT2D eigenvalue weighted by Crippen LogP contribution is -1.93. The van der Waals surface area contributed by atoms with Crippen LogP contribution >= 0.6 is 11.3 Å². The Bertz CT molecular complexity index is 2480. The summed E-state index contributed by atoms with van der Waals surface area (Å²) in [6.07, 6.45) is 4.20. The molecule has 0 bridgehead atoms. The lowest BCUT2D eigenvalue weighted by atomic mass is 9.98. The number of para-hydroxylation sites is 1. The molecule has 9 rings (SSSR count). The molecule has 0 saturated carbocycles. The van der Waals surface area contributed by atoms with Crippen LogP contribution in [-0.2, 0) is 0 Å². The second kappa shape index (κ2) is 9.97. The molecule has 0 amide bonds. The lowest BCUT2D eigenvalue weighted by molar-refractivity contribution is 1.20. The highest BCUT2D eigenvalue weighted by Crippen LogP contribution is 2.37. The second-order valence-corrected chi connectivity index (χ2v) is 12.0. The van der Waals surface area contributed by atoms with Gasteiger partial charge in [0.1, 0.15) is 10.7 Å². The van der Waals surface area contributed by atoms with Crippen molar-refractivity contribution in [1.29, 1.82) is 0 Å². The first-order valence-electron chi connectivity index (χ1n) is 14.6. The first-order valence-corrected chi connectivity index (χ1v) is 15.4. The molecule has 4 nitrogen and oxygen atoms in total. The van der Waals surface area contributed by atoms with E-state index in [2.05, 4.69) is 132 Å². The van der Waals surface area contributed by atoms with E-state index in [1.807, 2.05) is 18.2 Å². The van der Waals surface area contributed by atoms with E-state index in [1.54, 1.807) is 11.3 Å². The number of imidazole rings is 1. The van der Waals surface area contributed by atoms with Crippen LogP contribution < -0.4 is 0 Å². The summed E-state index contributed by atoms with van der Waals surface area (Å²) >= 11 is 1.73. The zero-order chi connectivity index (χ0) is 29.0. The SMILES string of the molecule is c1ccc(-c2cn3ccc4c(-c5ccc(-c6ccc7nc(-c8ccccc8)sc7c6)cc5)nc5ccccc5c4c3n2)cc1. The highest BCUT2D eigenvalue weighted by Gasteiger charge is 2.16. The Kier molecular flexibility index (Phi) is 5.64. The first kappa shape index (κ1) is 24.9. The minimum atomic E-state index is 0.936. The van der Waals surface area contributed by atoms with Gasteiger partial charge in [-0.15, -0.1) is 11.3 Å². The van der Waals surface area contributed by atoms with Gasteiger partial charge < -0.3 is 4.40 Å². The molecule has 0 N–H and O–H groups in total. The van der Waals surface area contributed by atoms with Crippen molar-refractivity contribution in [3.63, 3.8) is 0 Å². The number of thiazole rings is 1. The Morgan fingerprint density at radius 1 is 0.500 bits per heavy atom. The lowest BCUT2D eigenvalue weighted by Gasteiger charge is -2.12. The van der Waals surface area contributed by atoms with Crippen molar-refractivity contribution < 1.29 is 0 Å². The van der Waals surface area contributed by atoms with Crippen LogP contribution in [0.4, 0.5) is 0 Å². The molecule has 0 fully saturated rings. The van der Waals surface area contributed by atoms with Crippen LogP contribution in [0.15, 0.2) is 146 Å². The summed E-state index contributed by atoms with van der Waals surface area (Å²) in [5.74, 6) is 0. The fourth-order valence-electron chi connectivity index (χ4n) is 6.07. The molecular formula is C39H24N4S. The van der Waals surface area contributed by atoms with Crippen LogP contribution in [0.2, 0.25) is 0 Å². The Morgan fingerprint density at radius 2 is 1.20 bits per heavy atom. The minimum absolute atomic E-state index is 0.936. The molecule has 0 aliphatic heterocycles. The highest BCUT2D eigenvalue weighted by molar-refractivity contribution is 7.21. The van der Waals surface area contributed by atoms with E-state index in [-0.39, 0.29) is 0 Å². The molecule has 5 heteroatoms. The van der Waals surface area contributed by atoms with Crippen molar-refractivity contribution in [2.24, 2.45) is 0 Å². The van der Waals surface area contributed by atoms with Crippen molar-refractivity contribution >= 4 is 48.9 Å². The van der Waals surface area contributed by atoms with Gasteiger partial charge in [-0.1, -0.05) is 109 Å². The van der Waals surface area contributed by atoms with Gasteiger partial charge in [-0.2, -0.15) is 0 Å². The topological polar surface area (TPSA) is 43.1 Å². The van der Waals surface area contributed by atoms with E-state index in [9.17, 15) is 0 Å². The Balaban J connectivity index is 1.15. The molecule has 0 spiro atoms. The molecule has 5 aromatic carbocycles. The number of rotatable bonds is 4. The minimum Gasteiger partial charge on any atom is -0.306 e. The quantitative estimate of drug-likeness (QED) is 0.195. The molecule has 0 aliphatic carbocycles. The van der Waals surface area contributed by atoms with E-state index >= 15 is 0 Å². The summed E-state index contributed by atoms with van der Waals surface area (Å²) in [6, 6.07) is 46.5. The molecule has 4 heterocycles. The molecule has 0 radical (unpaired) electrons.